The number of halogens is 4. The first kappa shape index (κ1) is 31.1. The van der Waals surface area contributed by atoms with E-state index in [1.165, 1.54) is 17.5 Å². The number of hydrogen-bond donors (Lipinski definition) is 2. The second-order valence-electron chi connectivity index (χ2n) is 8.45. The van der Waals surface area contributed by atoms with Crippen LogP contribution in [0.4, 0.5) is 13.2 Å². The summed E-state index contributed by atoms with van der Waals surface area (Å²) in [5, 5.41) is 10.6. The minimum Gasteiger partial charge on any atom is -0.495 e. The number of carbonyl (C=O) groups is 2. The van der Waals surface area contributed by atoms with E-state index in [0.717, 1.165) is 25.9 Å². The normalized spacial score (nSPS) is 18.9. The van der Waals surface area contributed by atoms with Crippen LogP contribution in [0, 0.1) is 0 Å². The zero-order valence-corrected chi connectivity index (χ0v) is 22.2. The number of carboxylic acids is 1. The number of nitrogens with zero attached hydrogens (tertiary/aromatic N) is 3. The standard InChI is InChI=1S/C20H31ClN4O4S.C2HF3O2/c1-3-23-10-4-5-17(23)14-25(15-20(26)24-11-8-22-9-12-24)30(27,28)19-13-16(21)6-7-18(19)29-2;3-2(4,5)1(6)7/h6-7,13,17,22H,3-5,8-12,14-15H2,1-2H3;(H,6,7). The molecule has 2 aliphatic rings. The van der Waals surface area contributed by atoms with Crippen LogP contribution in [0.5, 0.6) is 5.75 Å². The maximum atomic E-state index is 13.7. The predicted octanol–water partition coefficient (Wildman–Crippen LogP) is 1.89. The van der Waals surface area contributed by atoms with Gasteiger partial charge >= 0.3 is 12.1 Å². The van der Waals surface area contributed by atoms with Gasteiger partial charge in [0.1, 0.15) is 10.6 Å². The van der Waals surface area contributed by atoms with E-state index in [-0.39, 0.29) is 35.7 Å². The molecule has 10 nitrogen and oxygen atoms in total. The summed E-state index contributed by atoms with van der Waals surface area (Å²) < 4.78 is 65.6. The van der Waals surface area contributed by atoms with Gasteiger partial charge in [0.15, 0.2) is 0 Å². The monoisotopic (exact) mass is 572 g/mol. The molecule has 0 bridgehead atoms. The Bertz CT molecular complexity index is 1040. The van der Waals surface area contributed by atoms with Crippen molar-refractivity contribution >= 4 is 33.5 Å². The average molecular weight is 573 g/mol. The molecule has 37 heavy (non-hydrogen) atoms. The van der Waals surface area contributed by atoms with Crippen LogP contribution in [0.3, 0.4) is 0 Å². The van der Waals surface area contributed by atoms with E-state index in [0.29, 0.717) is 31.2 Å². The van der Waals surface area contributed by atoms with Crippen molar-refractivity contribution < 1.29 is 41.0 Å². The van der Waals surface area contributed by atoms with Crippen molar-refractivity contribution in [2.24, 2.45) is 0 Å². The highest BCUT2D eigenvalue weighted by molar-refractivity contribution is 7.89. The SMILES string of the molecule is CCN1CCCC1CN(CC(=O)N1CCNCC1)S(=O)(=O)c1cc(Cl)ccc1OC.O=C(O)C(F)(F)F. The highest BCUT2D eigenvalue weighted by Gasteiger charge is 2.38. The lowest BCUT2D eigenvalue weighted by atomic mass is 10.2. The Morgan fingerprint density at radius 3 is 2.41 bits per heavy atom. The summed E-state index contributed by atoms with van der Waals surface area (Å²) in [7, 11) is -2.56. The third-order valence-electron chi connectivity index (χ3n) is 6.09. The lowest BCUT2D eigenvalue weighted by Gasteiger charge is -2.33. The number of piperazine rings is 1. The summed E-state index contributed by atoms with van der Waals surface area (Å²) in [4.78, 5) is 25.8. The Kier molecular flexibility index (Phi) is 11.4. The van der Waals surface area contributed by atoms with E-state index in [4.69, 9.17) is 26.2 Å². The van der Waals surface area contributed by atoms with E-state index in [1.54, 1.807) is 17.0 Å². The second kappa shape index (κ2) is 13.6. The highest BCUT2D eigenvalue weighted by Crippen LogP contribution is 2.31. The minimum absolute atomic E-state index is 0.00773. The van der Waals surface area contributed by atoms with Crippen LogP contribution < -0.4 is 10.1 Å². The Hall–Kier alpha value is -2.13. The fraction of sp³-hybridized carbons (Fsp3) is 0.636. The topological polar surface area (TPSA) is 119 Å². The number of alkyl halides is 3. The first-order chi connectivity index (χ1) is 17.3. The van der Waals surface area contributed by atoms with Crippen molar-refractivity contribution in [3.63, 3.8) is 0 Å². The summed E-state index contributed by atoms with van der Waals surface area (Å²) in [5.74, 6) is -2.72. The number of ether oxygens (including phenoxy) is 1. The summed E-state index contributed by atoms with van der Waals surface area (Å²) in [6, 6.07) is 4.61. The molecule has 15 heteroatoms. The van der Waals surface area contributed by atoms with Crippen LogP contribution in [-0.4, -0.2) is 111 Å². The molecule has 2 N–H and O–H groups in total. The molecular formula is C22H32ClF3N4O6S. The molecule has 2 aliphatic heterocycles. The number of hydrogen-bond acceptors (Lipinski definition) is 7. The molecule has 1 atom stereocenters. The fourth-order valence-electron chi connectivity index (χ4n) is 4.16. The molecule has 210 valence electrons. The van der Waals surface area contributed by atoms with Crippen molar-refractivity contribution in [2.45, 2.75) is 36.9 Å². The van der Waals surface area contributed by atoms with Gasteiger partial charge in [0.25, 0.3) is 0 Å². The van der Waals surface area contributed by atoms with Crippen LogP contribution in [0.25, 0.3) is 0 Å². The van der Waals surface area contributed by atoms with E-state index in [1.807, 2.05) is 0 Å². The maximum absolute atomic E-state index is 13.7. The number of nitrogens with one attached hydrogen (secondary N) is 1. The molecule has 2 heterocycles. The smallest absolute Gasteiger partial charge is 0.490 e. The number of rotatable bonds is 8. The van der Waals surface area contributed by atoms with Crippen LogP contribution >= 0.6 is 11.6 Å². The van der Waals surface area contributed by atoms with Crippen LogP contribution in [-0.2, 0) is 19.6 Å². The molecule has 1 unspecified atom stereocenters. The van der Waals surface area contributed by atoms with E-state index >= 15 is 0 Å². The number of benzene rings is 1. The molecule has 0 aromatic heterocycles. The molecule has 1 amide bonds. The van der Waals surface area contributed by atoms with Crippen LogP contribution in [0.15, 0.2) is 23.1 Å². The molecule has 2 fully saturated rings. The van der Waals surface area contributed by atoms with Gasteiger partial charge in [-0.3, -0.25) is 9.69 Å². The highest BCUT2D eigenvalue weighted by atomic mass is 35.5. The molecule has 3 rings (SSSR count). The lowest BCUT2D eigenvalue weighted by Crippen LogP contribution is -2.52. The van der Waals surface area contributed by atoms with Gasteiger partial charge in [-0.15, -0.1) is 0 Å². The van der Waals surface area contributed by atoms with E-state index in [2.05, 4.69) is 17.1 Å². The van der Waals surface area contributed by atoms with Crippen molar-refractivity contribution in [3.8, 4) is 5.75 Å². The van der Waals surface area contributed by atoms with Gasteiger partial charge in [-0.25, -0.2) is 13.2 Å². The zero-order chi connectivity index (χ0) is 27.8. The summed E-state index contributed by atoms with van der Waals surface area (Å²) in [6.07, 6.45) is -3.15. The molecule has 0 radical (unpaired) electrons. The summed E-state index contributed by atoms with van der Waals surface area (Å²) in [5.41, 5.74) is 0. The maximum Gasteiger partial charge on any atom is 0.490 e. The summed E-state index contributed by atoms with van der Waals surface area (Å²) in [6.45, 7) is 6.54. The summed E-state index contributed by atoms with van der Waals surface area (Å²) >= 11 is 6.10. The second-order valence-corrected chi connectivity index (χ2v) is 10.8. The largest absolute Gasteiger partial charge is 0.495 e. The zero-order valence-electron chi connectivity index (χ0n) is 20.6. The fourth-order valence-corrected chi connectivity index (χ4v) is 6.00. The van der Waals surface area contributed by atoms with Gasteiger partial charge < -0.3 is 20.1 Å². The third kappa shape index (κ3) is 8.70. The van der Waals surface area contributed by atoms with Gasteiger partial charge in [0.2, 0.25) is 15.9 Å². The Balaban J connectivity index is 0.000000604. The third-order valence-corrected chi connectivity index (χ3v) is 8.15. The van der Waals surface area contributed by atoms with E-state index in [9.17, 15) is 26.4 Å². The van der Waals surface area contributed by atoms with Crippen molar-refractivity contribution in [1.29, 1.82) is 0 Å². The number of carbonyl (C=O) groups excluding carboxylic acids is 1. The van der Waals surface area contributed by atoms with Gasteiger partial charge in [-0.2, -0.15) is 17.5 Å². The molecule has 0 aliphatic carbocycles. The molecular weight excluding hydrogens is 541 g/mol. The molecule has 2 saturated heterocycles. The Morgan fingerprint density at radius 1 is 1.24 bits per heavy atom. The number of sulfonamides is 1. The van der Waals surface area contributed by atoms with Gasteiger partial charge in [-0.05, 0) is 44.1 Å². The number of amides is 1. The number of aliphatic carboxylic acids is 1. The van der Waals surface area contributed by atoms with E-state index < -0.39 is 22.2 Å². The van der Waals surface area contributed by atoms with Gasteiger partial charge in [0, 0.05) is 43.8 Å². The molecule has 1 aromatic rings. The Morgan fingerprint density at radius 2 is 1.86 bits per heavy atom. The molecule has 0 saturated carbocycles. The first-order valence-electron chi connectivity index (χ1n) is 11.7. The number of likely N-dealkylation sites (N-methyl/N-ethyl adjacent to an activating group) is 1. The predicted molar refractivity (Wildman–Crippen MR) is 130 cm³/mol. The van der Waals surface area contributed by atoms with Gasteiger partial charge in [-0.1, -0.05) is 18.5 Å². The minimum atomic E-state index is -5.08. The quantitative estimate of drug-likeness (QED) is 0.485. The van der Waals surface area contributed by atoms with Crippen molar-refractivity contribution in [1.82, 2.24) is 19.4 Å². The average Bonchev–Trinajstić information content (AvgIpc) is 3.31. The number of methoxy groups -OCH3 is 1. The first-order valence-corrected chi connectivity index (χ1v) is 13.5. The number of likely N-dealkylation sites (tertiary alicyclic amines) is 1. The van der Waals surface area contributed by atoms with Gasteiger partial charge in [0.05, 0.1) is 13.7 Å². The van der Waals surface area contributed by atoms with Crippen molar-refractivity contribution in [3.05, 3.63) is 23.2 Å². The lowest BCUT2D eigenvalue weighted by molar-refractivity contribution is -0.192. The Labute approximate surface area is 219 Å². The van der Waals surface area contributed by atoms with Crippen LogP contribution in [0.1, 0.15) is 19.8 Å². The van der Waals surface area contributed by atoms with Crippen molar-refractivity contribution in [2.75, 3.05) is 59.5 Å². The molecule has 0 spiro atoms. The van der Waals surface area contributed by atoms with Crippen LogP contribution in [0.2, 0.25) is 5.02 Å². The molecule has 1 aromatic carbocycles. The number of carboxylic acid groups (broad SMARTS) is 1.